The summed E-state index contributed by atoms with van der Waals surface area (Å²) in [6, 6.07) is 5.19. The van der Waals surface area contributed by atoms with Gasteiger partial charge in [-0.1, -0.05) is 6.07 Å². The molecule has 1 amide bonds. The molecule has 1 saturated heterocycles. The van der Waals surface area contributed by atoms with Gasteiger partial charge in [0, 0.05) is 31.9 Å². The van der Waals surface area contributed by atoms with Gasteiger partial charge in [-0.2, -0.15) is 0 Å². The van der Waals surface area contributed by atoms with Crippen LogP contribution in [-0.4, -0.2) is 44.4 Å². The quantitative estimate of drug-likeness (QED) is 0.913. The number of piperidine rings is 1. The van der Waals surface area contributed by atoms with E-state index in [-0.39, 0.29) is 29.4 Å². The standard InChI is InChI=1S/C16H17N3O4/c20-14(21)9-11-4-7-18(8-5-11)15(22)12-10-17-13-3-1-2-6-19(13)16(12)23/h1-3,6,10-11H,4-5,7-9H2,(H,20,21). The first-order chi connectivity index (χ1) is 11.1. The van der Waals surface area contributed by atoms with Gasteiger partial charge < -0.3 is 10.0 Å². The molecule has 0 bridgehead atoms. The number of aliphatic carboxylic acids is 1. The van der Waals surface area contributed by atoms with E-state index < -0.39 is 5.97 Å². The topological polar surface area (TPSA) is 92.0 Å². The number of nitrogens with zero attached hydrogens (tertiary/aromatic N) is 3. The Morgan fingerprint density at radius 1 is 1.26 bits per heavy atom. The summed E-state index contributed by atoms with van der Waals surface area (Å²) >= 11 is 0. The molecule has 7 nitrogen and oxygen atoms in total. The maximum absolute atomic E-state index is 12.5. The lowest BCUT2D eigenvalue weighted by atomic mass is 9.93. The highest BCUT2D eigenvalue weighted by atomic mass is 16.4. The van der Waals surface area contributed by atoms with Gasteiger partial charge in [0.2, 0.25) is 0 Å². The summed E-state index contributed by atoms with van der Waals surface area (Å²) in [6.45, 7) is 0.932. The van der Waals surface area contributed by atoms with Gasteiger partial charge in [0.1, 0.15) is 11.2 Å². The molecular weight excluding hydrogens is 298 g/mol. The maximum Gasteiger partial charge on any atom is 0.303 e. The van der Waals surface area contributed by atoms with Crippen molar-refractivity contribution in [2.24, 2.45) is 5.92 Å². The van der Waals surface area contributed by atoms with Crippen LogP contribution >= 0.6 is 0 Å². The molecule has 0 radical (unpaired) electrons. The molecule has 2 aromatic rings. The number of aromatic nitrogens is 2. The van der Waals surface area contributed by atoms with Crippen molar-refractivity contribution in [3.05, 3.63) is 46.5 Å². The molecule has 0 saturated carbocycles. The number of likely N-dealkylation sites (tertiary alicyclic amines) is 1. The van der Waals surface area contributed by atoms with Crippen molar-refractivity contribution >= 4 is 17.5 Å². The van der Waals surface area contributed by atoms with Crippen LogP contribution in [0.5, 0.6) is 0 Å². The van der Waals surface area contributed by atoms with Crippen LogP contribution in [0.3, 0.4) is 0 Å². The van der Waals surface area contributed by atoms with Crippen molar-refractivity contribution in [3.63, 3.8) is 0 Å². The summed E-state index contributed by atoms with van der Waals surface area (Å²) in [5.41, 5.74) is 0.160. The van der Waals surface area contributed by atoms with Gasteiger partial charge in [0.05, 0.1) is 0 Å². The lowest BCUT2D eigenvalue weighted by molar-refractivity contribution is -0.138. The van der Waals surface area contributed by atoms with E-state index in [1.807, 2.05) is 0 Å². The second-order valence-electron chi connectivity index (χ2n) is 5.74. The van der Waals surface area contributed by atoms with Crippen molar-refractivity contribution < 1.29 is 14.7 Å². The molecule has 0 spiro atoms. The molecule has 3 rings (SSSR count). The number of hydrogen-bond acceptors (Lipinski definition) is 4. The number of carbonyl (C=O) groups is 2. The fraction of sp³-hybridized carbons (Fsp3) is 0.375. The molecule has 7 heteroatoms. The van der Waals surface area contributed by atoms with Crippen molar-refractivity contribution in [2.45, 2.75) is 19.3 Å². The molecule has 23 heavy (non-hydrogen) atoms. The third-order valence-electron chi connectivity index (χ3n) is 4.21. The van der Waals surface area contributed by atoms with Crippen LogP contribution < -0.4 is 5.56 Å². The highest BCUT2D eigenvalue weighted by Gasteiger charge is 2.26. The van der Waals surface area contributed by atoms with Gasteiger partial charge in [-0.05, 0) is 30.9 Å². The number of carboxylic acids is 1. The van der Waals surface area contributed by atoms with Crippen LogP contribution in [-0.2, 0) is 4.79 Å². The normalized spacial score (nSPS) is 15.7. The smallest absolute Gasteiger partial charge is 0.303 e. The minimum atomic E-state index is -0.813. The van der Waals surface area contributed by atoms with Gasteiger partial charge in [0.25, 0.3) is 11.5 Å². The zero-order valence-electron chi connectivity index (χ0n) is 12.5. The first kappa shape index (κ1) is 15.2. The predicted molar refractivity (Wildman–Crippen MR) is 82.3 cm³/mol. The van der Waals surface area contributed by atoms with Gasteiger partial charge in [0.15, 0.2) is 0 Å². The van der Waals surface area contributed by atoms with Crippen LogP contribution in [0.15, 0.2) is 35.4 Å². The van der Waals surface area contributed by atoms with Crippen LogP contribution in [0, 0.1) is 5.92 Å². The van der Waals surface area contributed by atoms with Crippen molar-refractivity contribution in [2.75, 3.05) is 13.1 Å². The Bertz CT molecular complexity index is 806. The Morgan fingerprint density at radius 2 is 2.00 bits per heavy atom. The van der Waals surface area contributed by atoms with Crippen molar-refractivity contribution in [3.8, 4) is 0 Å². The minimum Gasteiger partial charge on any atom is -0.481 e. The fourth-order valence-electron chi connectivity index (χ4n) is 2.93. The number of fused-ring (bicyclic) bond motifs is 1. The molecule has 0 atom stereocenters. The van der Waals surface area contributed by atoms with Crippen LogP contribution in [0.4, 0.5) is 0 Å². The van der Waals surface area contributed by atoms with Gasteiger partial charge in [-0.25, -0.2) is 4.98 Å². The first-order valence-corrected chi connectivity index (χ1v) is 7.53. The number of amides is 1. The van der Waals surface area contributed by atoms with E-state index >= 15 is 0 Å². The van der Waals surface area contributed by atoms with Gasteiger partial charge >= 0.3 is 5.97 Å². The molecule has 1 aliphatic heterocycles. The largest absolute Gasteiger partial charge is 0.481 e. The van der Waals surface area contributed by atoms with Crippen molar-refractivity contribution in [1.29, 1.82) is 0 Å². The van der Waals surface area contributed by atoms with E-state index in [2.05, 4.69) is 4.98 Å². The van der Waals surface area contributed by atoms with Gasteiger partial charge in [-0.15, -0.1) is 0 Å². The summed E-state index contributed by atoms with van der Waals surface area (Å²) in [4.78, 5) is 41.5. The average molecular weight is 315 g/mol. The molecule has 0 aliphatic carbocycles. The molecule has 1 aliphatic rings. The first-order valence-electron chi connectivity index (χ1n) is 7.53. The lowest BCUT2D eigenvalue weighted by Crippen LogP contribution is -2.41. The van der Waals surface area contributed by atoms with E-state index in [4.69, 9.17) is 5.11 Å². The van der Waals surface area contributed by atoms with Crippen LogP contribution in [0.1, 0.15) is 29.6 Å². The van der Waals surface area contributed by atoms with E-state index in [0.29, 0.717) is 31.6 Å². The highest BCUT2D eigenvalue weighted by Crippen LogP contribution is 2.21. The number of hydrogen-bond donors (Lipinski definition) is 1. The molecule has 0 unspecified atom stereocenters. The summed E-state index contributed by atoms with van der Waals surface area (Å²) in [6.07, 6.45) is 4.31. The van der Waals surface area contributed by atoms with Crippen LogP contribution in [0.2, 0.25) is 0 Å². The Balaban J connectivity index is 1.78. The minimum absolute atomic E-state index is 0.0467. The monoisotopic (exact) mass is 315 g/mol. The molecule has 2 aromatic heterocycles. The SMILES string of the molecule is O=C(O)CC1CCN(C(=O)c2cnc3ccccn3c2=O)CC1. The summed E-state index contributed by atoms with van der Waals surface area (Å²) in [5.74, 6) is -1.06. The maximum atomic E-state index is 12.5. The summed E-state index contributed by atoms with van der Waals surface area (Å²) < 4.78 is 1.35. The molecule has 3 heterocycles. The van der Waals surface area contributed by atoms with E-state index in [1.54, 1.807) is 29.3 Å². The number of rotatable bonds is 3. The van der Waals surface area contributed by atoms with Crippen molar-refractivity contribution in [1.82, 2.24) is 14.3 Å². The summed E-state index contributed by atoms with van der Waals surface area (Å²) in [5, 5.41) is 8.82. The zero-order valence-corrected chi connectivity index (χ0v) is 12.5. The number of pyridine rings is 1. The van der Waals surface area contributed by atoms with Gasteiger partial charge in [-0.3, -0.25) is 18.8 Å². The zero-order chi connectivity index (χ0) is 16.4. The third-order valence-corrected chi connectivity index (χ3v) is 4.21. The van der Waals surface area contributed by atoms with E-state index in [9.17, 15) is 14.4 Å². The predicted octanol–water partition coefficient (Wildman–Crippen LogP) is 1.02. The van der Waals surface area contributed by atoms with Crippen LogP contribution in [0.25, 0.3) is 5.65 Å². The number of carboxylic acid groups (broad SMARTS) is 1. The average Bonchev–Trinajstić information content (AvgIpc) is 2.55. The second-order valence-corrected chi connectivity index (χ2v) is 5.74. The lowest BCUT2D eigenvalue weighted by Gasteiger charge is -2.31. The number of carbonyl (C=O) groups excluding carboxylic acids is 1. The molecule has 120 valence electrons. The Kier molecular flexibility index (Phi) is 4.10. The third kappa shape index (κ3) is 3.08. The fourth-order valence-corrected chi connectivity index (χ4v) is 2.93. The van der Waals surface area contributed by atoms with E-state index in [1.165, 1.54) is 10.6 Å². The molecule has 1 N–H and O–H groups in total. The molecule has 1 fully saturated rings. The Morgan fingerprint density at radius 3 is 2.70 bits per heavy atom. The Hall–Kier alpha value is -2.70. The molecule has 0 aromatic carbocycles. The summed E-state index contributed by atoms with van der Waals surface area (Å²) in [7, 11) is 0. The second kappa shape index (κ2) is 6.20. The van der Waals surface area contributed by atoms with E-state index in [0.717, 1.165) is 0 Å². The highest BCUT2D eigenvalue weighted by molar-refractivity contribution is 5.93. The molecular formula is C16H17N3O4. The Labute approximate surface area is 132 Å².